The van der Waals surface area contributed by atoms with Crippen molar-refractivity contribution in [1.29, 1.82) is 0 Å². The maximum Gasteiger partial charge on any atom is 0.255 e. The van der Waals surface area contributed by atoms with Crippen LogP contribution in [0.3, 0.4) is 0 Å². The standard InChI is InChI=1S/C24H30N6O/c1-27(2)21-11-13-29(17-21)24(31)20-8-9-22-25-26-23(30(22)16-20)19-10-12-28(15-19)14-18-6-4-3-5-7-18/h3-9,16,19,21H,10-15,17H2,1-2H3/t19-,21-/m1/s1. The molecule has 2 aromatic heterocycles. The quantitative estimate of drug-likeness (QED) is 0.637. The van der Waals surface area contributed by atoms with Gasteiger partial charge in [-0.1, -0.05) is 30.3 Å². The highest BCUT2D eigenvalue weighted by Crippen LogP contribution is 2.28. The zero-order valence-corrected chi connectivity index (χ0v) is 18.3. The number of hydrogen-bond donors (Lipinski definition) is 0. The number of benzene rings is 1. The van der Waals surface area contributed by atoms with E-state index in [1.807, 2.05) is 27.6 Å². The SMILES string of the molecule is CN(C)[C@@H]1CCN(C(=O)c2ccc3nnc([C@@H]4CCN(Cc5ccccc5)C4)n3c2)C1. The van der Waals surface area contributed by atoms with Gasteiger partial charge in [-0.05, 0) is 51.2 Å². The van der Waals surface area contributed by atoms with Crippen LogP contribution in [0, 0.1) is 0 Å². The molecular weight excluding hydrogens is 388 g/mol. The van der Waals surface area contributed by atoms with Crippen LogP contribution in [0.1, 0.15) is 40.5 Å². The van der Waals surface area contributed by atoms with Gasteiger partial charge in [0.1, 0.15) is 5.82 Å². The number of rotatable bonds is 5. The lowest BCUT2D eigenvalue weighted by Gasteiger charge is -2.20. The fourth-order valence-corrected chi connectivity index (χ4v) is 4.87. The third kappa shape index (κ3) is 4.07. The van der Waals surface area contributed by atoms with Gasteiger partial charge in [0, 0.05) is 44.3 Å². The molecule has 7 nitrogen and oxygen atoms in total. The maximum atomic E-state index is 13.1. The highest BCUT2D eigenvalue weighted by Gasteiger charge is 2.30. The van der Waals surface area contributed by atoms with Crippen molar-refractivity contribution in [3.8, 4) is 0 Å². The number of carbonyl (C=O) groups excluding carboxylic acids is 1. The number of nitrogens with zero attached hydrogens (tertiary/aromatic N) is 6. The van der Waals surface area contributed by atoms with Gasteiger partial charge < -0.3 is 9.80 Å². The summed E-state index contributed by atoms with van der Waals surface area (Å²) < 4.78 is 2.03. The Bertz CT molecular complexity index is 1060. The topological polar surface area (TPSA) is 57.0 Å². The molecule has 1 amide bonds. The van der Waals surface area contributed by atoms with Gasteiger partial charge in [-0.25, -0.2) is 0 Å². The summed E-state index contributed by atoms with van der Waals surface area (Å²) >= 11 is 0. The van der Waals surface area contributed by atoms with Crippen LogP contribution in [-0.4, -0.2) is 81.5 Å². The molecule has 2 fully saturated rings. The minimum absolute atomic E-state index is 0.100. The van der Waals surface area contributed by atoms with E-state index in [9.17, 15) is 4.79 Å². The van der Waals surface area contributed by atoms with E-state index in [1.165, 1.54) is 5.56 Å². The summed E-state index contributed by atoms with van der Waals surface area (Å²) in [5, 5.41) is 8.88. The smallest absolute Gasteiger partial charge is 0.255 e. The molecule has 0 aliphatic carbocycles. The average Bonchev–Trinajstić information content (AvgIpc) is 3.53. The third-order valence-electron chi connectivity index (χ3n) is 6.74. The Kier molecular flexibility index (Phi) is 5.46. The molecule has 0 radical (unpaired) electrons. The van der Waals surface area contributed by atoms with Crippen LogP contribution in [0.25, 0.3) is 5.65 Å². The Balaban J connectivity index is 1.32. The highest BCUT2D eigenvalue weighted by atomic mass is 16.2. The van der Waals surface area contributed by atoms with Crippen molar-refractivity contribution >= 4 is 11.6 Å². The molecule has 0 saturated carbocycles. The summed E-state index contributed by atoms with van der Waals surface area (Å²) in [6, 6.07) is 14.8. The lowest BCUT2D eigenvalue weighted by atomic mass is 10.1. The van der Waals surface area contributed by atoms with Gasteiger partial charge in [0.15, 0.2) is 5.65 Å². The Morgan fingerprint density at radius 3 is 2.65 bits per heavy atom. The van der Waals surface area contributed by atoms with Crippen molar-refractivity contribution in [3.63, 3.8) is 0 Å². The molecule has 31 heavy (non-hydrogen) atoms. The highest BCUT2D eigenvalue weighted by molar-refractivity contribution is 5.94. The Hall–Kier alpha value is -2.77. The van der Waals surface area contributed by atoms with Crippen molar-refractivity contribution in [2.24, 2.45) is 0 Å². The number of amides is 1. The third-order valence-corrected chi connectivity index (χ3v) is 6.74. The molecule has 2 aliphatic rings. The van der Waals surface area contributed by atoms with E-state index < -0.39 is 0 Å². The molecule has 0 N–H and O–H groups in total. The lowest BCUT2D eigenvalue weighted by Crippen LogP contribution is -2.34. The van der Waals surface area contributed by atoms with Crippen molar-refractivity contribution in [1.82, 2.24) is 29.3 Å². The Morgan fingerprint density at radius 1 is 1.03 bits per heavy atom. The summed E-state index contributed by atoms with van der Waals surface area (Å²) in [4.78, 5) is 19.8. The maximum absolute atomic E-state index is 13.1. The van der Waals surface area contributed by atoms with Crippen LogP contribution in [-0.2, 0) is 6.54 Å². The van der Waals surface area contributed by atoms with Gasteiger partial charge in [0.2, 0.25) is 0 Å². The molecule has 0 bridgehead atoms. The van der Waals surface area contributed by atoms with Crippen LogP contribution in [0.4, 0.5) is 0 Å². The predicted octanol–water partition coefficient (Wildman–Crippen LogP) is 2.49. The number of likely N-dealkylation sites (tertiary alicyclic amines) is 2. The van der Waals surface area contributed by atoms with E-state index in [1.54, 1.807) is 0 Å². The van der Waals surface area contributed by atoms with Gasteiger partial charge >= 0.3 is 0 Å². The number of fused-ring (bicyclic) bond motifs is 1. The van der Waals surface area contributed by atoms with Gasteiger partial charge in [0.25, 0.3) is 5.91 Å². The van der Waals surface area contributed by atoms with Gasteiger partial charge in [-0.2, -0.15) is 0 Å². The predicted molar refractivity (Wildman–Crippen MR) is 120 cm³/mol. The first-order valence-electron chi connectivity index (χ1n) is 11.1. The molecule has 4 heterocycles. The molecule has 3 aromatic rings. The first-order chi connectivity index (χ1) is 15.1. The van der Waals surface area contributed by atoms with Gasteiger partial charge in [-0.15, -0.1) is 10.2 Å². The van der Waals surface area contributed by atoms with E-state index in [4.69, 9.17) is 0 Å². The second-order valence-electron chi connectivity index (χ2n) is 9.07. The van der Waals surface area contributed by atoms with Crippen molar-refractivity contribution in [2.75, 3.05) is 40.3 Å². The van der Waals surface area contributed by atoms with Crippen LogP contribution in [0.5, 0.6) is 0 Å². The second-order valence-corrected chi connectivity index (χ2v) is 9.07. The fraction of sp³-hybridized carbons (Fsp3) is 0.458. The van der Waals surface area contributed by atoms with Crippen molar-refractivity contribution < 1.29 is 4.79 Å². The van der Waals surface area contributed by atoms with Crippen LogP contribution in [0.2, 0.25) is 0 Å². The number of aromatic nitrogens is 3. The summed E-state index contributed by atoms with van der Waals surface area (Å²) in [5.41, 5.74) is 2.86. The van der Waals surface area contributed by atoms with E-state index in [0.717, 1.165) is 57.0 Å². The van der Waals surface area contributed by atoms with Gasteiger partial charge in [-0.3, -0.25) is 14.1 Å². The molecule has 162 valence electrons. The minimum atomic E-state index is 0.100. The number of carbonyl (C=O) groups is 1. The summed E-state index contributed by atoms with van der Waals surface area (Å²) in [6.07, 6.45) is 4.02. The molecular formula is C24H30N6O. The normalized spacial score (nSPS) is 22.1. The molecule has 2 aliphatic heterocycles. The van der Waals surface area contributed by atoms with Crippen LogP contribution in [0.15, 0.2) is 48.7 Å². The second kappa shape index (κ2) is 8.40. The number of likely N-dealkylation sites (N-methyl/N-ethyl adjacent to an activating group) is 1. The first kappa shape index (κ1) is 20.2. The van der Waals surface area contributed by atoms with E-state index in [-0.39, 0.29) is 5.91 Å². The zero-order chi connectivity index (χ0) is 21.4. The average molecular weight is 419 g/mol. The lowest BCUT2D eigenvalue weighted by molar-refractivity contribution is 0.0782. The zero-order valence-electron chi connectivity index (χ0n) is 18.3. The molecule has 5 rings (SSSR count). The summed E-state index contributed by atoms with van der Waals surface area (Å²) in [7, 11) is 4.16. The molecule has 2 atom stereocenters. The number of hydrogen-bond acceptors (Lipinski definition) is 5. The monoisotopic (exact) mass is 418 g/mol. The van der Waals surface area contributed by atoms with Crippen molar-refractivity contribution in [3.05, 3.63) is 65.6 Å². The molecule has 0 unspecified atom stereocenters. The van der Waals surface area contributed by atoms with E-state index >= 15 is 0 Å². The van der Waals surface area contributed by atoms with Crippen LogP contribution < -0.4 is 0 Å². The van der Waals surface area contributed by atoms with Gasteiger partial charge in [0.05, 0.1) is 5.56 Å². The van der Waals surface area contributed by atoms with Crippen molar-refractivity contribution in [2.45, 2.75) is 31.3 Å². The minimum Gasteiger partial charge on any atom is -0.337 e. The fourth-order valence-electron chi connectivity index (χ4n) is 4.87. The molecule has 7 heteroatoms. The van der Waals surface area contributed by atoms with Crippen LogP contribution >= 0.6 is 0 Å². The van der Waals surface area contributed by atoms with E-state index in [2.05, 4.69) is 64.4 Å². The summed E-state index contributed by atoms with van der Waals surface area (Å²) in [6.45, 7) is 4.57. The molecule has 2 saturated heterocycles. The first-order valence-corrected chi connectivity index (χ1v) is 11.1. The number of pyridine rings is 1. The largest absolute Gasteiger partial charge is 0.337 e. The summed E-state index contributed by atoms with van der Waals surface area (Å²) in [5.74, 6) is 1.39. The molecule has 0 spiro atoms. The Labute approximate surface area is 183 Å². The Morgan fingerprint density at radius 2 is 1.87 bits per heavy atom. The van der Waals surface area contributed by atoms with E-state index in [0.29, 0.717) is 17.5 Å². The molecule has 1 aromatic carbocycles.